The zero-order valence-electron chi connectivity index (χ0n) is 32.1. The number of halogens is 1. The maximum absolute atomic E-state index is 13.1. The van der Waals surface area contributed by atoms with Crippen molar-refractivity contribution in [3.8, 4) is 0 Å². The first kappa shape index (κ1) is 43.2. The average molecular weight is 877 g/mol. The number of benzene rings is 6. The van der Waals surface area contributed by atoms with E-state index in [1.54, 1.807) is 72.8 Å². The lowest BCUT2D eigenvalue weighted by molar-refractivity contribution is -0.112. The van der Waals surface area contributed by atoms with E-state index < -0.39 is 0 Å². The molecule has 2 aliphatic rings. The van der Waals surface area contributed by atoms with Crippen molar-refractivity contribution in [2.75, 3.05) is 0 Å². The molecular formula is C49H37ClN4O6S2. The summed E-state index contributed by atoms with van der Waals surface area (Å²) in [6.45, 7) is 0. The van der Waals surface area contributed by atoms with Gasteiger partial charge in [0, 0.05) is 46.2 Å². The summed E-state index contributed by atoms with van der Waals surface area (Å²) in [7, 11) is 0. The van der Waals surface area contributed by atoms with E-state index in [1.807, 2.05) is 60.7 Å². The summed E-state index contributed by atoms with van der Waals surface area (Å²) >= 11 is 11.3. The van der Waals surface area contributed by atoms with Gasteiger partial charge in [-0.2, -0.15) is 0 Å². The summed E-state index contributed by atoms with van der Waals surface area (Å²) in [5.41, 5.74) is 7.83. The minimum absolute atomic E-state index is 0. The highest BCUT2D eigenvalue weighted by Gasteiger charge is 2.33. The van der Waals surface area contributed by atoms with Gasteiger partial charge in [-0.1, -0.05) is 117 Å². The summed E-state index contributed by atoms with van der Waals surface area (Å²) in [4.78, 5) is 87.4. The monoisotopic (exact) mass is 876 g/mol. The Hall–Kier alpha value is -6.86. The molecule has 0 fully saturated rings. The number of rotatable bonds is 7. The van der Waals surface area contributed by atoms with Crippen LogP contribution in [0.5, 0.6) is 0 Å². The second-order valence-electron chi connectivity index (χ2n) is 14.1. The summed E-state index contributed by atoms with van der Waals surface area (Å²) in [5.74, 6) is -0.675. The Kier molecular flexibility index (Phi) is 13.1. The molecule has 10 nitrogen and oxygen atoms in total. The van der Waals surface area contributed by atoms with Gasteiger partial charge in [0.1, 0.15) is 5.52 Å². The van der Waals surface area contributed by atoms with Crippen LogP contribution in [0.1, 0.15) is 95.1 Å². The number of thioether (sulfide) groups is 1. The number of nitrogens with one attached hydrogen (secondary N) is 3. The highest BCUT2D eigenvalue weighted by Crippen LogP contribution is 2.34. The van der Waals surface area contributed by atoms with Crippen molar-refractivity contribution in [2.45, 2.75) is 38.3 Å². The van der Waals surface area contributed by atoms with Gasteiger partial charge in [-0.05, 0) is 83.8 Å². The number of aromatic nitrogens is 4. The number of hydrogen-bond donors (Lipinski definition) is 3. The molecule has 0 bridgehead atoms. The van der Waals surface area contributed by atoms with Gasteiger partial charge in [-0.15, -0.1) is 0 Å². The summed E-state index contributed by atoms with van der Waals surface area (Å²) in [5, 5.41) is 0.143. The fourth-order valence-corrected chi connectivity index (χ4v) is 8.33. The Morgan fingerprint density at radius 1 is 0.532 bits per heavy atom. The van der Waals surface area contributed by atoms with Gasteiger partial charge in [0.25, 0.3) is 0 Å². The molecule has 0 radical (unpaired) electrons. The van der Waals surface area contributed by atoms with Crippen LogP contribution in [0.4, 0.5) is 0 Å². The van der Waals surface area contributed by atoms with Crippen LogP contribution in [-0.4, -0.2) is 53.4 Å². The van der Waals surface area contributed by atoms with Gasteiger partial charge in [-0.3, -0.25) is 28.8 Å². The molecular weight excluding hydrogens is 840 g/mol. The highest BCUT2D eigenvalue weighted by atomic mass is 35.5. The third-order valence-electron chi connectivity index (χ3n) is 10.2. The molecule has 3 N–H and O–H groups in total. The van der Waals surface area contributed by atoms with Gasteiger partial charge in [0.2, 0.25) is 5.24 Å². The van der Waals surface area contributed by atoms with E-state index in [0.717, 1.165) is 34.8 Å². The Morgan fingerprint density at radius 3 is 1.55 bits per heavy atom. The standard InChI is InChI=1S/C24H16N2O3S.C15H8N2O2S.C9H9ClO.CH4/c27-19(13-10-14-6-2-1-3-7-14)30-24-25-18-12-11-17-20(21(18)26-24)23(29)16-9-5-4-8-15(16)22(17)28;18-13-7-3-1-2-4-8(7)14(19)11-9(13)5-6-10-12(11)17-15(20)16-10;10-9(11)7-6-8-4-2-1-3-5-8;/h1-9,11-12H,10,13H2,(H,25,26);1-6H,(H2,16,17,20);1-5H,6-7H2;1H4. The maximum Gasteiger partial charge on any atom is 0.221 e. The average Bonchev–Trinajstić information content (AvgIpc) is 3.88. The predicted molar refractivity (Wildman–Crippen MR) is 244 cm³/mol. The quantitative estimate of drug-likeness (QED) is 0.0803. The molecule has 0 saturated heterocycles. The molecule has 0 unspecified atom stereocenters. The third kappa shape index (κ3) is 8.94. The van der Waals surface area contributed by atoms with Gasteiger partial charge >= 0.3 is 0 Å². The molecule has 62 heavy (non-hydrogen) atoms. The van der Waals surface area contributed by atoms with Crippen LogP contribution in [0.25, 0.3) is 22.1 Å². The number of aryl methyl sites for hydroxylation is 2. The molecule has 13 heteroatoms. The molecule has 2 aliphatic carbocycles. The second kappa shape index (κ2) is 18.8. The first-order valence-electron chi connectivity index (χ1n) is 19.2. The van der Waals surface area contributed by atoms with Crippen molar-refractivity contribution in [3.05, 3.63) is 194 Å². The van der Waals surface area contributed by atoms with Gasteiger partial charge in [0.05, 0.1) is 27.7 Å². The van der Waals surface area contributed by atoms with Gasteiger partial charge in [-0.25, -0.2) is 4.98 Å². The van der Waals surface area contributed by atoms with Crippen molar-refractivity contribution in [2.24, 2.45) is 0 Å². The molecule has 10 rings (SSSR count). The first-order chi connectivity index (χ1) is 29.6. The van der Waals surface area contributed by atoms with E-state index in [-0.39, 0.29) is 40.9 Å². The number of aromatic amines is 3. The summed E-state index contributed by atoms with van der Waals surface area (Å²) < 4.78 is 0.438. The van der Waals surface area contributed by atoms with Crippen molar-refractivity contribution < 1.29 is 28.8 Å². The van der Waals surface area contributed by atoms with Crippen molar-refractivity contribution >= 4 is 91.1 Å². The number of ketones is 4. The number of imidazole rings is 2. The second-order valence-corrected chi connectivity index (χ2v) is 16.0. The largest absolute Gasteiger partial charge is 0.333 e. The van der Waals surface area contributed by atoms with Crippen LogP contribution in [0, 0.1) is 4.77 Å². The highest BCUT2D eigenvalue weighted by molar-refractivity contribution is 8.13. The van der Waals surface area contributed by atoms with Gasteiger partial charge in [0.15, 0.2) is 38.2 Å². The molecule has 8 aromatic rings. The summed E-state index contributed by atoms with van der Waals surface area (Å²) in [6.07, 6.45) is 2.20. The summed E-state index contributed by atoms with van der Waals surface area (Å²) in [6, 6.07) is 40.2. The number of H-pyrrole nitrogens is 3. The predicted octanol–water partition coefficient (Wildman–Crippen LogP) is 10.6. The molecule has 0 amide bonds. The number of carbonyl (C=O) groups excluding carboxylic acids is 6. The zero-order chi connectivity index (χ0) is 42.6. The fraction of sp³-hybridized carbons (Fsp3) is 0.102. The molecule has 0 atom stereocenters. The van der Waals surface area contributed by atoms with Crippen molar-refractivity contribution in [1.82, 2.24) is 19.9 Å². The Morgan fingerprint density at radius 2 is 1.00 bits per heavy atom. The lowest BCUT2D eigenvalue weighted by Gasteiger charge is -2.17. The number of carbonyl (C=O) groups is 6. The lowest BCUT2D eigenvalue weighted by Crippen LogP contribution is -2.21. The van der Waals surface area contributed by atoms with Crippen LogP contribution in [0.2, 0.25) is 0 Å². The normalized spacial score (nSPS) is 12.1. The van der Waals surface area contributed by atoms with Crippen LogP contribution in [0.15, 0.2) is 139 Å². The number of fused-ring (bicyclic) bond motifs is 8. The minimum Gasteiger partial charge on any atom is -0.333 e. The van der Waals surface area contributed by atoms with E-state index in [9.17, 15) is 28.8 Å². The molecule has 308 valence electrons. The van der Waals surface area contributed by atoms with E-state index in [4.69, 9.17) is 23.8 Å². The number of hydrogen-bond acceptors (Lipinski definition) is 9. The molecule has 2 heterocycles. The van der Waals surface area contributed by atoms with Crippen LogP contribution < -0.4 is 0 Å². The van der Waals surface area contributed by atoms with Gasteiger partial charge < -0.3 is 15.0 Å². The molecule has 6 aromatic carbocycles. The fourth-order valence-electron chi connectivity index (χ4n) is 7.30. The third-order valence-corrected chi connectivity index (χ3v) is 11.4. The van der Waals surface area contributed by atoms with Crippen LogP contribution >= 0.6 is 35.6 Å². The van der Waals surface area contributed by atoms with Crippen LogP contribution in [-0.2, 0) is 22.4 Å². The van der Waals surface area contributed by atoms with E-state index >= 15 is 0 Å². The van der Waals surface area contributed by atoms with Crippen molar-refractivity contribution in [3.63, 3.8) is 0 Å². The Balaban J connectivity index is 0.000000155. The Labute approximate surface area is 370 Å². The van der Waals surface area contributed by atoms with Crippen LogP contribution in [0.3, 0.4) is 0 Å². The molecule has 2 aromatic heterocycles. The van der Waals surface area contributed by atoms with E-state index in [1.165, 1.54) is 0 Å². The molecule has 0 aliphatic heterocycles. The molecule has 0 saturated carbocycles. The lowest BCUT2D eigenvalue weighted by atomic mass is 9.83. The maximum atomic E-state index is 13.1. The minimum atomic E-state index is -0.270. The van der Waals surface area contributed by atoms with E-state index in [0.29, 0.717) is 90.2 Å². The SMILES string of the molecule is C.O=C(CCc1ccccc1)Sc1nc2c3c(ccc2[nH]1)C(=O)c1ccccc1C3=O.O=C(Cl)CCc1ccccc1.O=C1c2ccccc2C(=O)c2c1ccc1[nH]c(=S)[nH]c21. The zero-order valence-corrected chi connectivity index (χ0v) is 34.5. The first-order valence-corrected chi connectivity index (χ1v) is 20.8. The number of nitrogens with zero attached hydrogens (tertiary/aromatic N) is 1. The molecule has 0 spiro atoms. The topological polar surface area (TPSA) is 163 Å². The smallest absolute Gasteiger partial charge is 0.221 e. The van der Waals surface area contributed by atoms with Crippen molar-refractivity contribution in [1.29, 1.82) is 0 Å². The van der Waals surface area contributed by atoms with E-state index in [2.05, 4.69) is 19.9 Å². The Bertz CT molecular complexity index is 3120.